The largest absolute Gasteiger partial charge is 0.494 e. The second-order valence-electron chi connectivity index (χ2n) is 6.87. The molecule has 0 atom stereocenters. The van der Waals surface area contributed by atoms with Crippen LogP contribution in [0.5, 0.6) is 5.75 Å². The molecule has 6 heteroatoms. The standard InChI is InChI=1S/C21H27N3O3/c1-2-3-14-27-18-10-8-16(9-11-18)21(26)22-12-13-24-20(25)15-17-6-4-5-7-19(17)23-24/h8-11,15H,2-7,12-14H2,1H3,(H,22,26). The number of nitrogens with one attached hydrogen (secondary N) is 1. The predicted octanol–water partition coefficient (Wildman–Crippen LogP) is 2.73. The van der Waals surface area contributed by atoms with E-state index < -0.39 is 0 Å². The van der Waals surface area contributed by atoms with Gasteiger partial charge in [0.2, 0.25) is 0 Å². The van der Waals surface area contributed by atoms with E-state index in [1.165, 1.54) is 4.68 Å². The van der Waals surface area contributed by atoms with Crippen molar-refractivity contribution < 1.29 is 9.53 Å². The lowest BCUT2D eigenvalue weighted by atomic mass is 9.97. The van der Waals surface area contributed by atoms with Crippen LogP contribution >= 0.6 is 0 Å². The van der Waals surface area contributed by atoms with Crippen LogP contribution in [0.1, 0.15) is 54.2 Å². The minimum Gasteiger partial charge on any atom is -0.494 e. The van der Waals surface area contributed by atoms with Crippen molar-refractivity contribution in [3.8, 4) is 5.75 Å². The van der Waals surface area contributed by atoms with Crippen LogP contribution in [0.15, 0.2) is 35.1 Å². The van der Waals surface area contributed by atoms with E-state index in [0.29, 0.717) is 25.3 Å². The predicted molar refractivity (Wildman–Crippen MR) is 104 cm³/mol. The number of fused-ring (bicyclic) bond motifs is 1. The SMILES string of the molecule is CCCCOc1ccc(C(=O)NCCn2nc3c(cc2=O)CCCC3)cc1. The smallest absolute Gasteiger partial charge is 0.267 e. The number of hydrogen-bond acceptors (Lipinski definition) is 4. The fraction of sp³-hybridized carbons (Fsp3) is 0.476. The summed E-state index contributed by atoms with van der Waals surface area (Å²) >= 11 is 0. The van der Waals surface area contributed by atoms with E-state index in [4.69, 9.17) is 4.74 Å². The Labute approximate surface area is 159 Å². The van der Waals surface area contributed by atoms with Gasteiger partial charge >= 0.3 is 0 Å². The van der Waals surface area contributed by atoms with Gasteiger partial charge in [0.1, 0.15) is 5.75 Å². The van der Waals surface area contributed by atoms with Gasteiger partial charge in [-0.2, -0.15) is 5.10 Å². The number of unbranched alkanes of at least 4 members (excludes halogenated alkanes) is 1. The molecule has 1 heterocycles. The number of aromatic nitrogens is 2. The Morgan fingerprint density at radius 1 is 1.22 bits per heavy atom. The Morgan fingerprint density at radius 3 is 2.78 bits per heavy atom. The van der Waals surface area contributed by atoms with Gasteiger partial charge in [-0.1, -0.05) is 13.3 Å². The Balaban J connectivity index is 1.51. The molecule has 144 valence electrons. The molecule has 1 aliphatic rings. The van der Waals surface area contributed by atoms with Gasteiger partial charge < -0.3 is 10.1 Å². The van der Waals surface area contributed by atoms with E-state index in [9.17, 15) is 9.59 Å². The highest BCUT2D eigenvalue weighted by molar-refractivity contribution is 5.94. The molecule has 3 rings (SSSR count). The number of benzene rings is 1. The molecule has 1 aromatic carbocycles. The summed E-state index contributed by atoms with van der Waals surface area (Å²) in [5, 5.41) is 7.31. The maximum Gasteiger partial charge on any atom is 0.267 e. The zero-order chi connectivity index (χ0) is 19.1. The highest BCUT2D eigenvalue weighted by Crippen LogP contribution is 2.16. The first kappa shape index (κ1) is 19.1. The third-order valence-electron chi connectivity index (χ3n) is 4.77. The summed E-state index contributed by atoms with van der Waals surface area (Å²) in [7, 11) is 0. The van der Waals surface area contributed by atoms with Crippen molar-refractivity contribution in [2.75, 3.05) is 13.2 Å². The van der Waals surface area contributed by atoms with Gasteiger partial charge in [-0.15, -0.1) is 0 Å². The Kier molecular flexibility index (Phi) is 6.63. The molecule has 0 saturated carbocycles. The number of ether oxygens (including phenoxy) is 1. The molecule has 1 aliphatic carbocycles. The van der Waals surface area contributed by atoms with Crippen molar-refractivity contribution in [3.05, 3.63) is 57.5 Å². The van der Waals surface area contributed by atoms with Crippen LogP contribution in [0.4, 0.5) is 0 Å². The van der Waals surface area contributed by atoms with Gasteiger partial charge in [0.25, 0.3) is 11.5 Å². The molecule has 27 heavy (non-hydrogen) atoms. The molecular weight excluding hydrogens is 342 g/mol. The fourth-order valence-corrected chi connectivity index (χ4v) is 3.18. The third-order valence-corrected chi connectivity index (χ3v) is 4.77. The number of aryl methyl sites for hydroxylation is 2. The minimum absolute atomic E-state index is 0.0986. The summed E-state index contributed by atoms with van der Waals surface area (Å²) in [4.78, 5) is 24.4. The topological polar surface area (TPSA) is 73.2 Å². The van der Waals surface area contributed by atoms with Crippen LogP contribution in [-0.4, -0.2) is 28.8 Å². The number of hydrogen-bond donors (Lipinski definition) is 1. The molecule has 1 N–H and O–H groups in total. The minimum atomic E-state index is -0.166. The first-order valence-corrected chi connectivity index (χ1v) is 9.78. The Hall–Kier alpha value is -2.63. The van der Waals surface area contributed by atoms with Crippen molar-refractivity contribution in [1.82, 2.24) is 15.1 Å². The molecule has 0 unspecified atom stereocenters. The zero-order valence-corrected chi connectivity index (χ0v) is 15.9. The normalized spacial score (nSPS) is 13.1. The van der Waals surface area contributed by atoms with Crippen molar-refractivity contribution in [2.45, 2.75) is 52.0 Å². The van der Waals surface area contributed by atoms with Crippen molar-refractivity contribution in [2.24, 2.45) is 0 Å². The molecule has 2 aromatic rings. The summed E-state index contributed by atoms with van der Waals surface area (Å²) in [6.45, 7) is 3.53. The molecule has 1 amide bonds. The lowest BCUT2D eigenvalue weighted by molar-refractivity contribution is 0.0951. The molecular formula is C21H27N3O3. The van der Waals surface area contributed by atoms with Crippen LogP contribution in [0.2, 0.25) is 0 Å². The average Bonchev–Trinajstić information content (AvgIpc) is 2.69. The number of rotatable bonds is 8. The second-order valence-corrected chi connectivity index (χ2v) is 6.87. The Morgan fingerprint density at radius 2 is 2.00 bits per heavy atom. The fourth-order valence-electron chi connectivity index (χ4n) is 3.18. The van der Waals surface area contributed by atoms with Crippen LogP contribution in [0.3, 0.4) is 0 Å². The van der Waals surface area contributed by atoms with Crippen molar-refractivity contribution >= 4 is 5.91 Å². The molecule has 0 radical (unpaired) electrons. The molecule has 0 aliphatic heterocycles. The maximum atomic E-state index is 12.3. The van der Waals surface area contributed by atoms with Crippen molar-refractivity contribution in [3.63, 3.8) is 0 Å². The molecule has 0 spiro atoms. The van der Waals surface area contributed by atoms with Crippen molar-refractivity contribution in [1.29, 1.82) is 0 Å². The summed E-state index contributed by atoms with van der Waals surface area (Å²) in [5.74, 6) is 0.603. The van der Waals surface area contributed by atoms with Gasteiger partial charge in [-0.25, -0.2) is 4.68 Å². The zero-order valence-electron chi connectivity index (χ0n) is 15.9. The number of carbonyl (C=O) groups excluding carboxylic acids is 1. The lowest BCUT2D eigenvalue weighted by Crippen LogP contribution is -2.33. The highest BCUT2D eigenvalue weighted by Gasteiger charge is 2.13. The number of amides is 1. The molecule has 0 fully saturated rings. The second kappa shape index (κ2) is 9.35. The van der Waals surface area contributed by atoms with Crippen LogP contribution in [0, 0.1) is 0 Å². The highest BCUT2D eigenvalue weighted by atomic mass is 16.5. The molecule has 0 bridgehead atoms. The summed E-state index contributed by atoms with van der Waals surface area (Å²) in [5.41, 5.74) is 2.57. The Bertz CT molecular complexity index is 828. The third kappa shape index (κ3) is 5.18. The van der Waals surface area contributed by atoms with E-state index in [0.717, 1.165) is 55.5 Å². The first-order valence-electron chi connectivity index (χ1n) is 9.78. The van der Waals surface area contributed by atoms with Gasteiger partial charge in [0, 0.05) is 18.2 Å². The average molecular weight is 369 g/mol. The lowest BCUT2D eigenvalue weighted by Gasteiger charge is -2.16. The molecule has 0 saturated heterocycles. The van der Waals surface area contributed by atoms with Gasteiger partial charge in [0.15, 0.2) is 0 Å². The van der Waals surface area contributed by atoms with E-state index in [1.807, 2.05) is 0 Å². The summed E-state index contributed by atoms with van der Waals surface area (Å²) in [6.07, 6.45) is 6.20. The van der Waals surface area contributed by atoms with Gasteiger partial charge in [-0.05, 0) is 61.9 Å². The maximum absolute atomic E-state index is 12.3. The summed E-state index contributed by atoms with van der Waals surface area (Å²) < 4.78 is 7.05. The van der Waals surface area contributed by atoms with Gasteiger partial charge in [0.05, 0.1) is 18.8 Å². The van der Waals surface area contributed by atoms with Gasteiger partial charge in [-0.3, -0.25) is 9.59 Å². The number of carbonyl (C=O) groups is 1. The van der Waals surface area contributed by atoms with Crippen LogP contribution in [0.25, 0.3) is 0 Å². The first-order chi connectivity index (χ1) is 13.2. The van der Waals surface area contributed by atoms with E-state index >= 15 is 0 Å². The van der Waals surface area contributed by atoms with E-state index in [2.05, 4.69) is 17.3 Å². The van der Waals surface area contributed by atoms with Crippen LogP contribution in [-0.2, 0) is 19.4 Å². The van der Waals surface area contributed by atoms with Crippen LogP contribution < -0.4 is 15.6 Å². The van der Waals surface area contributed by atoms with E-state index in [1.54, 1.807) is 30.3 Å². The van der Waals surface area contributed by atoms with E-state index in [-0.39, 0.29) is 11.5 Å². The monoisotopic (exact) mass is 369 g/mol. The quantitative estimate of drug-likeness (QED) is 0.726. The molecule has 1 aromatic heterocycles. The number of nitrogens with zero attached hydrogens (tertiary/aromatic N) is 2. The molecule has 6 nitrogen and oxygen atoms in total. The summed E-state index contributed by atoms with van der Waals surface area (Å²) in [6, 6.07) is 8.81.